The fourth-order valence-corrected chi connectivity index (χ4v) is 3.19. The van der Waals surface area contributed by atoms with Crippen molar-refractivity contribution in [2.24, 2.45) is 17.6 Å². The molecule has 1 aliphatic carbocycles. The second-order valence-electron chi connectivity index (χ2n) is 5.63. The van der Waals surface area contributed by atoms with Crippen LogP contribution in [0.25, 0.3) is 0 Å². The Labute approximate surface area is 99.3 Å². The van der Waals surface area contributed by atoms with Crippen LogP contribution in [0.5, 0.6) is 0 Å². The van der Waals surface area contributed by atoms with Gasteiger partial charge < -0.3 is 10.5 Å². The SMILES string of the molecule is CC1CN(CC2CCCC2CN)C(C)CO1. The predicted octanol–water partition coefficient (Wildman–Crippen LogP) is 1.47. The first-order valence-electron chi connectivity index (χ1n) is 6.76. The molecule has 2 aliphatic rings. The maximum Gasteiger partial charge on any atom is 0.0674 e. The molecule has 2 N–H and O–H groups in total. The van der Waals surface area contributed by atoms with E-state index >= 15 is 0 Å². The maximum atomic E-state index is 5.85. The fourth-order valence-electron chi connectivity index (χ4n) is 3.19. The van der Waals surface area contributed by atoms with Gasteiger partial charge in [-0.15, -0.1) is 0 Å². The van der Waals surface area contributed by atoms with Crippen LogP contribution < -0.4 is 5.73 Å². The predicted molar refractivity (Wildman–Crippen MR) is 66.3 cm³/mol. The quantitative estimate of drug-likeness (QED) is 0.792. The molecule has 0 spiro atoms. The second kappa shape index (κ2) is 5.48. The average molecular weight is 226 g/mol. The normalized spacial score (nSPS) is 41.4. The molecule has 16 heavy (non-hydrogen) atoms. The van der Waals surface area contributed by atoms with Crippen molar-refractivity contribution >= 4 is 0 Å². The van der Waals surface area contributed by atoms with E-state index in [1.54, 1.807) is 0 Å². The first kappa shape index (κ1) is 12.3. The molecule has 1 heterocycles. The molecule has 94 valence electrons. The molecule has 2 fully saturated rings. The van der Waals surface area contributed by atoms with Crippen LogP contribution >= 0.6 is 0 Å². The summed E-state index contributed by atoms with van der Waals surface area (Å²) in [5.74, 6) is 1.60. The molecule has 1 saturated heterocycles. The van der Waals surface area contributed by atoms with Crippen molar-refractivity contribution in [2.45, 2.75) is 45.3 Å². The minimum absolute atomic E-state index is 0.397. The lowest BCUT2D eigenvalue weighted by Crippen LogP contribution is -2.49. The third-order valence-corrected chi connectivity index (χ3v) is 4.33. The molecule has 4 atom stereocenters. The van der Waals surface area contributed by atoms with Gasteiger partial charge in [-0.1, -0.05) is 6.42 Å². The molecule has 0 radical (unpaired) electrons. The van der Waals surface area contributed by atoms with E-state index in [0.29, 0.717) is 12.1 Å². The maximum absolute atomic E-state index is 5.85. The Kier molecular flexibility index (Phi) is 4.22. The van der Waals surface area contributed by atoms with Crippen molar-refractivity contribution in [1.82, 2.24) is 4.90 Å². The van der Waals surface area contributed by atoms with Crippen molar-refractivity contribution in [2.75, 3.05) is 26.2 Å². The number of morpholine rings is 1. The van der Waals surface area contributed by atoms with Crippen LogP contribution in [-0.2, 0) is 4.74 Å². The van der Waals surface area contributed by atoms with Crippen molar-refractivity contribution in [1.29, 1.82) is 0 Å². The van der Waals surface area contributed by atoms with E-state index in [-0.39, 0.29) is 0 Å². The zero-order chi connectivity index (χ0) is 11.5. The van der Waals surface area contributed by atoms with Crippen LogP contribution in [0.1, 0.15) is 33.1 Å². The van der Waals surface area contributed by atoms with Gasteiger partial charge in [-0.3, -0.25) is 4.90 Å². The molecule has 0 aromatic carbocycles. The van der Waals surface area contributed by atoms with E-state index in [0.717, 1.165) is 31.5 Å². The minimum atomic E-state index is 0.397. The molecule has 0 amide bonds. The minimum Gasteiger partial charge on any atom is -0.376 e. The summed E-state index contributed by atoms with van der Waals surface area (Å²) in [5, 5.41) is 0. The Morgan fingerprint density at radius 3 is 2.75 bits per heavy atom. The van der Waals surface area contributed by atoms with Crippen LogP contribution in [0.3, 0.4) is 0 Å². The molecular weight excluding hydrogens is 200 g/mol. The first-order chi connectivity index (χ1) is 7.70. The van der Waals surface area contributed by atoms with Gasteiger partial charge in [0.15, 0.2) is 0 Å². The summed E-state index contributed by atoms with van der Waals surface area (Å²) in [4.78, 5) is 2.60. The number of hydrogen-bond donors (Lipinski definition) is 1. The molecule has 0 bridgehead atoms. The molecule has 0 aromatic rings. The molecule has 1 saturated carbocycles. The van der Waals surface area contributed by atoms with Gasteiger partial charge in [0.25, 0.3) is 0 Å². The van der Waals surface area contributed by atoms with E-state index in [9.17, 15) is 0 Å². The molecule has 4 unspecified atom stereocenters. The highest BCUT2D eigenvalue weighted by Gasteiger charge is 2.31. The van der Waals surface area contributed by atoms with Gasteiger partial charge in [-0.2, -0.15) is 0 Å². The summed E-state index contributed by atoms with van der Waals surface area (Å²) in [7, 11) is 0. The molecule has 0 aromatic heterocycles. The van der Waals surface area contributed by atoms with Crippen molar-refractivity contribution in [3.8, 4) is 0 Å². The topological polar surface area (TPSA) is 38.5 Å². The van der Waals surface area contributed by atoms with Gasteiger partial charge in [0.2, 0.25) is 0 Å². The molecule has 3 heteroatoms. The molecule has 3 nitrogen and oxygen atoms in total. The van der Waals surface area contributed by atoms with Crippen molar-refractivity contribution in [3.63, 3.8) is 0 Å². The standard InChI is InChI=1S/C13H26N2O/c1-10-9-16-11(2)7-15(10)8-13-5-3-4-12(13)6-14/h10-13H,3-9,14H2,1-2H3. The summed E-state index contributed by atoms with van der Waals surface area (Å²) >= 11 is 0. The van der Waals surface area contributed by atoms with Crippen LogP contribution in [0.2, 0.25) is 0 Å². The highest BCUT2D eigenvalue weighted by molar-refractivity contribution is 4.84. The van der Waals surface area contributed by atoms with Gasteiger partial charge in [0, 0.05) is 19.1 Å². The number of ether oxygens (including phenoxy) is 1. The monoisotopic (exact) mass is 226 g/mol. The lowest BCUT2D eigenvalue weighted by atomic mass is 9.95. The van der Waals surface area contributed by atoms with Gasteiger partial charge in [-0.05, 0) is 45.1 Å². The van der Waals surface area contributed by atoms with Gasteiger partial charge >= 0.3 is 0 Å². The van der Waals surface area contributed by atoms with Crippen LogP contribution in [0, 0.1) is 11.8 Å². The van der Waals surface area contributed by atoms with Crippen LogP contribution in [0.15, 0.2) is 0 Å². The van der Waals surface area contributed by atoms with E-state index < -0.39 is 0 Å². The Morgan fingerprint density at radius 2 is 2.00 bits per heavy atom. The Morgan fingerprint density at radius 1 is 1.25 bits per heavy atom. The summed E-state index contributed by atoms with van der Waals surface area (Å²) in [6.07, 6.45) is 4.49. The van der Waals surface area contributed by atoms with Crippen LogP contribution in [-0.4, -0.2) is 43.3 Å². The first-order valence-corrected chi connectivity index (χ1v) is 6.76. The molecule has 1 aliphatic heterocycles. The van der Waals surface area contributed by atoms with Crippen molar-refractivity contribution in [3.05, 3.63) is 0 Å². The van der Waals surface area contributed by atoms with Gasteiger partial charge in [-0.25, -0.2) is 0 Å². The zero-order valence-corrected chi connectivity index (χ0v) is 10.7. The van der Waals surface area contributed by atoms with Crippen LogP contribution in [0.4, 0.5) is 0 Å². The number of rotatable bonds is 3. The molecule has 2 rings (SSSR count). The average Bonchev–Trinajstić information content (AvgIpc) is 2.71. The Balaban J connectivity index is 1.87. The largest absolute Gasteiger partial charge is 0.376 e. The summed E-state index contributed by atoms with van der Waals surface area (Å²) in [6, 6.07) is 0.579. The van der Waals surface area contributed by atoms with Crippen molar-refractivity contribution < 1.29 is 4.74 Å². The summed E-state index contributed by atoms with van der Waals surface area (Å²) in [5.41, 5.74) is 5.85. The second-order valence-corrected chi connectivity index (χ2v) is 5.63. The summed E-state index contributed by atoms with van der Waals surface area (Å²) in [6.45, 7) is 8.54. The zero-order valence-electron chi connectivity index (χ0n) is 10.7. The third-order valence-electron chi connectivity index (χ3n) is 4.33. The van der Waals surface area contributed by atoms with E-state index in [2.05, 4.69) is 18.7 Å². The Bertz CT molecular complexity index is 222. The Hall–Kier alpha value is -0.120. The third kappa shape index (κ3) is 2.76. The van der Waals surface area contributed by atoms with E-state index in [4.69, 9.17) is 10.5 Å². The highest BCUT2D eigenvalue weighted by atomic mass is 16.5. The van der Waals surface area contributed by atoms with E-state index in [1.807, 2.05) is 0 Å². The molecular formula is C13H26N2O. The lowest BCUT2D eigenvalue weighted by molar-refractivity contribution is -0.0556. The van der Waals surface area contributed by atoms with E-state index in [1.165, 1.54) is 25.8 Å². The number of nitrogens with two attached hydrogens (primary N) is 1. The highest BCUT2D eigenvalue weighted by Crippen LogP contribution is 2.32. The lowest BCUT2D eigenvalue weighted by Gasteiger charge is -2.39. The number of hydrogen-bond acceptors (Lipinski definition) is 3. The van der Waals surface area contributed by atoms with Gasteiger partial charge in [0.1, 0.15) is 0 Å². The smallest absolute Gasteiger partial charge is 0.0674 e. The van der Waals surface area contributed by atoms with Gasteiger partial charge in [0.05, 0.1) is 12.7 Å². The summed E-state index contributed by atoms with van der Waals surface area (Å²) < 4.78 is 5.67. The number of nitrogens with zero attached hydrogens (tertiary/aromatic N) is 1. The fraction of sp³-hybridized carbons (Fsp3) is 1.00.